The van der Waals surface area contributed by atoms with E-state index in [0.29, 0.717) is 24.6 Å². The summed E-state index contributed by atoms with van der Waals surface area (Å²) < 4.78 is 0. The topological polar surface area (TPSA) is 38.7 Å². The number of aliphatic hydroxyl groups excluding tert-OH is 1. The highest BCUT2D eigenvalue weighted by Gasteiger charge is 2.43. The predicted octanol–water partition coefficient (Wildman–Crippen LogP) is -0.492. The third-order valence-corrected chi connectivity index (χ3v) is 3.41. The van der Waals surface area contributed by atoms with Gasteiger partial charge in [-0.15, -0.1) is 0 Å². The van der Waals surface area contributed by atoms with E-state index in [4.69, 9.17) is 5.11 Å². The molecule has 82 valence electrons. The zero-order chi connectivity index (χ0) is 10.1. The smallest absolute Gasteiger partial charge is 0.0468 e. The van der Waals surface area contributed by atoms with E-state index in [2.05, 4.69) is 22.3 Å². The van der Waals surface area contributed by atoms with Gasteiger partial charge in [-0.05, 0) is 19.4 Å². The van der Waals surface area contributed by atoms with E-state index >= 15 is 0 Å². The molecular formula is C10H21N3O. The van der Waals surface area contributed by atoms with Crippen LogP contribution >= 0.6 is 0 Å². The van der Waals surface area contributed by atoms with Gasteiger partial charge in [-0.3, -0.25) is 10.3 Å². The van der Waals surface area contributed by atoms with Crippen LogP contribution in [0.5, 0.6) is 0 Å². The molecule has 3 atom stereocenters. The second-order valence-electron chi connectivity index (χ2n) is 4.68. The first-order chi connectivity index (χ1) is 6.74. The van der Waals surface area contributed by atoms with Gasteiger partial charge in [-0.2, -0.15) is 0 Å². The minimum absolute atomic E-state index is 0.307. The van der Waals surface area contributed by atoms with Crippen LogP contribution in [0.3, 0.4) is 0 Å². The van der Waals surface area contributed by atoms with Crippen LogP contribution in [0.25, 0.3) is 0 Å². The number of piperazine rings is 1. The summed E-state index contributed by atoms with van der Waals surface area (Å²) in [5, 5.41) is 11.4. The molecule has 0 aromatic carbocycles. The third-order valence-electron chi connectivity index (χ3n) is 3.41. The van der Waals surface area contributed by atoms with Gasteiger partial charge >= 0.3 is 0 Å². The Labute approximate surface area is 85.8 Å². The second-order valence-corrected chi connectivity index (χ2v) is 4.68. The lowest BCUT2D eigenvalue weighted by Gasteiger charge is -2.56. The molecule has 2 bridgehead atoms. The zero-order valence-electron chi connectivity index (χ0n) is 9.11. The number of aliphatic hydroxyl groups is 1. The minimum Gasteiger partial charge on any atom is -0.396 e. The van der Waals surface area contributed by atoms with Crippen molar-refractivity contribution in [3.8, 4) is 0 Å². The first-order valence-corrected chi connectivity index (χ1v) is 5.53. The quantitative estimate of drug-likeness (QED) is 0.641. The summed E-state index contributed by atoms with van der Waals surface area (Å²) in [4.78, 5) is 2.48. The fraction of sp³-hybridized carbons (Fsp3) is 1.00. The molecule has 0 aromatic rings. The maximum atomic E-state index is 8.99. The molecule has 4 nitrogen and oxygen atoms in total. The molecule has 3 aliphatic rings. The molecule has 2 N–H and O–H groups in total. The lowest BCUT2D eigenvalue weighted by molar-refractivity contribution is -0.101. The van der Waals surface area contributed by atoms with Crippen LogP contribution in [0.15, 0.2) is 0 Å². The van der Waals surface area contributed by atoms with Crippen molar-refractivity contribution in [3.05, 3.63) is 0 Å². The molecule has 14 heavy (non-hydrogen) atoms. The molecule has 0 saturated carbocycles. The third kappa shape index (κ3) is 1.80. The van der Waals surface area contributed by atoms with Crippen molar-refractivity contribution in [2.24, 2.45) is 5.92 Å². The fourth-order valence-corrected chi connectivity index (χ4v) is 2.71. The summed E-state index contributed by atoms with van der Waals surface area (Å²) >= 11 is 0. The molecule has 3 aliphatic heterocycles. The van der Waals surface area contributed by atoms with E-state index in [9.17, 15) is 0 Å². The molecular weight excluding hydrogens is 178 g/mol. The Morgan fingerprint density at radius 1 is 1.43 bits per heavy atom. The van der Waals surface area contributed by atoms with Crippen LogP contribution in [0.2, 0.25) is 0 Å². The zero-order valence-corrected chi connectivity index (χ0v) is 9.11. The molecule has 0 spiro atoms. The van der Waals surface area contributed by atoms with Crippen molar-refractivity contribution < 1.29 is 5.11 Å². The first kappa shape index (κ1) is 10.4. The van der Waals surface area contributed by atoms with Crippen molar-refractivity contribution in [2.75, 3.05) is 33.3 Å². The molecule has 0 aliphatic carbocycles. The van der Waals surface area contributed by atoms with Crippen LogP contribution < -0.4 is 5.43 Å². The van der Waals surface area contributed by atoms with Gasteiger partial charge in [-0.1, -0.05) is 6.92 Å². The van der Waals surface area contributed by atoms with Crippen molar-refractivity contribution in [1.82, 2.24) is 15.3 Å². The Morgan fingerprint density at radius 3 is 2.57 bits per heavy atom. The van der Waals surface area contributed by atoms with E-state index in [1.54, 1.807) is 0 Å². The molecule has 0 aromatic heterocycles. The average Bonchev–Trinajstić information content (AvgIpc) is 2.18. The molecule has 3 unspecified atom stereocenters. The van der Waals surface area contributed by atoms with Crippen LogP contribution in [0.1, 0.15) is 13.3 Å². The summed E-state index contributed by atoms with van der Waals surface area (Å²) in [6, 6.07) is 1.40. The van der Waals surface area contributed by atoms with Crippen LogP contribution in [0.4, 0.5) is 0 Å². The molecule has 4 heteroatoms. The van der Waals surface area contributed by atoms with E-state index in [0.717, 1.165) is 19.6 Å². The Morgan fingerprint density at radius 2 is 2.07 bits per heavy atom. The summed E-state index contributed by atoms with van der Waals surface area (Å²) in [6.07, 6.45) is 1.34. The Balaban J connectivity index is 1.79. The summed E-state index contributed by atoms with van der Waals surface area (Å²) in [5.41, 5.74) is 3.25. The Bertz CT molecular complexity index is 188. The van der Waals surface area contributed by atoms with E-state index in [-0.39, 0.29) is 0 Å². The highest BCUT2D eigenvalue weighted by atomic mass is 16.3. The van der Waals surface area contributed by atoms with Gasteiger partial charge < -0.3 is 5.11 Å². The lowest BCUT2D eigenvalue weighted by atomic mass is 9.89. The molecule has 3 fully saturated rings. The molecule has 3 rings (SSSR count). The van der Waals surface area contributed by atoms with Gasteiger partial charge in [-0.25, -0.2) is 5.01 Å². The van der Waals surface area contributed by atoms with Crippen LogP contribution in [-0.4, -0.2) is 60.4 Å². The number of hydrogen-bond acceptors (Lipinski definition) is 4. The van der Waals surface area contributed by atoms with Gasteiger partial charge in [0.2, 0.25) is 0 Å². The highest BCUT2D eigenvalue weighted by Crippen LogP contribution is 2.30. The number of piperidine rings is 1. The summed E-state index contributed by atoms with van der Waals surface area (Å²) in [7, 11) is 2.01. The van der Waals surface area contributed by atoms with Crippen molar-refractivity contribution >= 4 is 0 Å². The number of nitrogens with zero attached hydrogens (tertiary/aromatic N) is 2. The fourth-order valence-electron chi connectivity index (χ4n) is 2.71. The highest BCUT2D eigenvalue weighted by molar-refractivity contribution is 4.98. The maximum Gasteiger partial charge on any atom is 0.0468 e. The minimum atomic E-state index is 0.307. The Hall–Kier alpha value is -0.160. The maximum absolute atomic E-state index is 8.99. The number of nitrogens with one attached hydrogen (secondary N) is 1. The number of rotatable bonds is 4. The number of hydrogen-bond donors (Lipinski definition) is 2. The van der Waals surface area contributed by atoms with Gasteiger partial charge in [0.1, 0.15) is 0 Å². The average molecular weight is 199 g/mol. The largest absolute Gasteiger partial charge is 0.396 e. The normalized spacial score (nSPS) is 35.4. The van der Waals surface area contributed by atoms with Crippen molar-refractivity contribution in [1.29, 1.82) is 0 Å². The Kier molecular flexibility index (Phi) is 3.07. The predicted molar refractivity (Wildman–Crippen MR) is 55.8 cm³/mol. The molecule has 3 saturated heterocycles. The van der Waals surface area contributed by atoms with E-state index in [1.165, 1.54) is 6.42 Å². The van der Waals surface area contributed by atoms with Crippen LogP contribution in [0, 0.1) is 5.92 Å². The summed E-state index contributed by atoms with van der Waals surface area (Å²) in [5.74, 6) is 0.413. The lowest BCUT2D eigenvalue weighted by Crippen LogP contribution is -2.72. The van der Waals surface area contributed by atoms with Gasteiger partial charge in [0.25, 0.3) is 0 Å². The van der Waals surface area contributed by atoms with Crippen LogP contribution in [-0.2, 0) is 0 Å². The second kappa shape index (κ2) is 4.14. The molecule has 0 amide bonds. The van der Waals surface area contributed by atoms with Gasteiger partial charge in [0.15, 0.2) is 0 Å². The van der Waals surface area contributed by atoms with E-state index < -0.39 is 0 Å². The summed E-state index contributed by atoms with van der Waals surface area (Å²) in [6.45, 7) is 5.77. The molecule has 3 heterocycles. The number of fused-ring (bicyclic) bond motifs is 2. The van der Waals surface area contributed by atoms with Crippen molar-refractivity contribution in [3.63, 3.8) is 0 Å². The van der Waals surface area contributed by atoms with Gasteiger partial charge in [0.05, 0.1) is 0 Å². The monoisotopic (exact) mass is 199 g/mol. The number of hydrazine groups is 1. The van der Waals surface area contributed by atoms with Crippen molar-refractivity contribution in [2.45, 2.75) is 25.4 Å². The SMILES string of the molecule is CNN1C2CC1CN(CC(C)CO)C2. The molecule has 0 radical (unpaired) electrons. The van der Waals surface area contributed by atoms with E-state index in [1.807, 2.05) is 7.05 Å². The first-order valence-electron chi connectivity index (χ1n) is 5.53. The standard InChI is InChI=1S/C10H21N3O/c1-8(7-14)4-12-5-9-3-10(6-12)13(9)11-2/h8-11,14H,3-7H2,1-2H3. The van der Waals surface area contributed by atoms with Gasteiger partial charge in [0, 0.05) is 38.3 Å².